The highest BCUT2D eigenvalue weighted by Crippen LogP contribution is 2.17. The molecule has 0 bridgehead atoms. The van der Waals surface area contributed by atoms with E-state index in [9.17, 15) is 0 Å². The summed E-state index contributed by atoms with van der Waals surface area (Å²) in [4.78, 5) is 8.36. The summed E-state index contributed by atoms with van der Waals surface area (Å²) in [7, 11) is 0. The molecule has 0 aromatic carbocycles. The van der Waals surface area contributed by atoms with E-state index in [2.05, 4.69) is 20.3 Å². The highest BCUT2D eigenvalue weighted by Gasteiger charge is 2.17. The molecule has 0 atom stereocenters. The largest absolute Gasteiger partial charge is 0.360 e. The van der Waals surface area contributed by atoms with Gasteiger partial charge in [-0.1, -0.05) is 16.4 Å². The van der Waals surface area contributed by atoms with Gasteiger partial charge in [0.1, 0.15) is 23.0 Å². The Morgan fingerprint density at radius 3 is 2.90 bits per heavy atom. The zero-order valence-electron chi connectivity index (χ0n) is 10.6. The molecule has 0 aliphatic carbocycles. The molecule has 0 N–H and O–H groups in total. The van der Waals surface area contributed by atoms with Crippen molar-refractivity contribution in [3.63, 3.8) is 0 Å². The molecule has 0 spiro atoms. The topological polar surface area (TPSA) is 102 Å². The molecule has 7 nitrogen and oxygen atoms in total. The Hall–Kier alpha value is -3.01. The predicted molar refractivity (Wildman–Crippen MR) is 66.3 cm³/mol. The molecular weight excluding hydrogens is 258 g/mol. The molecule has 0 aliphatic rings. The van der Waals surface area contributed by atoms with E-state index in [1.54, 1.807) is 19.2 Å². The summed E-state index contributed by atoms with van der Waals surface area (Å²) in [6.07, 6.45) is 1.90. The van der Waals surface area contributed by atoms with Crippen molar-refractivity contribution >= 4 is 0 Å². The van der Waals surface area contributed by atoms with E-state index in [-0.39, 0.29) is 6.42 Å². The Bertz CT molecular complexity index is 770. The number of aromatic nitrogens is 4. The van der Waals surface area contributed by atoms with Crippen molar-refractivity contribution in [3.8, 4) is 17.6 Å². The monoisotopic (exact) mass is 267 g/mol. The van der Waals surface area contributed by atoms with Crippen molar-refractivity contribution in [1.82, 2.24) is 20.3 Å². The van der Waals surface area contributed by atoms with E-state index < -0.39 is 0 Å². The average molecular weight is 267 g/mol. The third-order valence-electron chi connectivity index (χ3n) is 2.73. The molecule has 3 aromatic heterocycles. The first-order chi connectivity index (χ1) is 9.78. The van der Waals surface area contributed by atoms with E-state index in [0.717, 1.165) is 0 Å². The smallest absolute Gasteiger partial charge is 0.233 e. The van der Waals surface area contributed by atoms with Crippen molar-refractivity contribution in [2.75, 3.05) is 0 Å². The van der Waals surface area contributed by atoms with Gasteiger partial charge in [0.25, 0.3) is 0 Å². The zero-order valence-corrected chi connectivity index (χ0v) is 10.6. The molecule has 20 heavy (non-hydrogen) atoms. The summed E-state index contributed by atoms with van der Waals surface area (Å²) < 4.78 is 10.1. The van der Waals surface area contributed by atoms with Crippen LogP contribution in [0.1, 0.15) is 22.9 Å². The van der Waals surface area contributed by atoms with Gasteiger partial charge in [0.05, 0.1) is 6.42 Å². The SMILES string of the molecule is Cc1onc(Cc2nc(-c3ccccn3)no2)c1C#N. The minimum absolute atomic E-state index is 0.250. The van der Waals surface area contributed by atoms with Gasteiger partial charge in [-0.05, 0) is 19.1 Å². The molecule has 0 aliphatic heterocycles. The lowest BCUT2D eigenvalue weighted by Crippen LogP contribution is -1.92. The van der Waals surface area contributed by atoms with Crippen LogP contribution in [-0.4, -0.2) is 20.3 Å². The van der Waals surface area contributed by atoms with Crippen LogP contribution in [0, 0.1) is 18.3 Å². The molecule has 0 saturated carbocycles. The first-order valence-corrected chi connectivity index (χ1v) is 5.87. The van der Waals surface area contributed by atoms with Crippen molar-refractivity contribution < 1.29 is 9.05 Å². The first kappa shape index (κ1) is 12.0. The lowest BCUT2D eigenvalue weighted by molar-refractivity contribution is 0.371. The van der Waals surface area contributed by atoms with Gasteiger partial charge in [-0.2, -0.15) is 10.2 Å². The number of hydrogen-bond acceptors (Lipinski definition) is 7. The van der Waals surface area contributed by atoms with Gasteiger partial charge < -0.3 is 9.05 Å². The Kier molecular flexibility index (Phi) is 2.97. The maximum absolute atomic E-state index is 9.02. The van der Waals surface area contributed by atoms with Crippen LogP contribution in [0.3, 0.4) is 0 Å². The van der Waals surface area contributed by atoms with Gasteiger partial charge in [-0.25, -0.2) is 0 Å². The van der Waals surface area contributed by atoms with Crippen LogP contribution in [0.4, 0.5) is 0 Å². The zero-order chi connectivity index (χ0) is 13.9. The summed E-state index contributed by atoms with van der Waals surface area (Å²) in [5.74, 6) is 1.24. The third kappa shape index (κ3) is 2.14. The van der Waals surface area contributed by atoms with Crippen molar-refractivity contribution in [3.05, 3.63) is 47.3 Å². The minimum Gasteiger partial charge on any atom is -0.360 e. The normalized spacial score (nSPS) is 10.4. The molecule has 7 heteroatoms. The Morgan fingerprint density at radius 2 is 2.15 bits per heavy atom. The van der Waals surface area contributed by atoms with E-state index in [1.165, 1.54) is 0 Å². The van der Waals surface area contributed by atoms with Gasteiger partial charge in [0.2, 0.25) is 11.7 Å². The second-order valence-corrected chi connectivity index (χ2v) is 4.08. The van der Waals surface area contributed by atoms with Crippen molar-refractivity contribution in [2.45, 2.75) is 13.3 Å². The van der Waals surface area contributed by atoms with Gasteiger partial charge in [-0.15, -0.1) is 0 Å². The molecule has 3 heterocycles. The van der Waals surface area contributed by atoms with Crippen LogP contribution in [-0.2, 0) is 6.42 Å². The van der Waals surface area contributed by atoms with Gasteiger partial charge >= 0.3 is 0 Å². The standard InChI is InChI=1S/C13H9N5O2/c1-8-9(7-14)11(17-19-8)6-12-16-13(18-20-12)10-4-2-3-5-15-10/h2-5H,6H2,1H3. The minimum atomic E-state index is 0.250. The number of nitriles is 1. The van der Waals surface area contributed by atoms with Crippen LogP contribution in [0.2, 0.25) is 0 Å². The third-order valence-corrected chi connectivity index (χ3v) is 2.73. The highest BCUT2D eigenvalue weighted by molar-refractivity contribution is 5.47. The first-order valence-electron chi connectivity index (χ1n) is 5.87. The fourth-order valence-electron chi connectivity index (χ4n) is 1.75. The Balaban J connectivity index is 1.87. The second kappa shape index (κ2) is 4.93. The van der Waals surface area contributed by atoms with Crippen LogP contribution < -0.4 is 0 Å². The molecular formula is C13H9N5O2. The van der Waals surface area contributed by atoms with Crippen LogP contribution >= 0.6 is 0 Å². The number of hydrogen-bond donors (Lipinski definition) is 0. The molecule has 98 valence electrons. The molecule has 0 fully saturated rings. The molecule has 0 unspecified atom stereocenters. The highest BCUT2D eigenvalue weighted by atomic mass is 16.5. The van der Waals surface area contributed by atoms with E-state index in [1.807, 2.05) is 18.2 Å². The van der Waals surface area contributed by atoms with E-state index >= 15 is 0 Å². The summed E-state index contributed by atoms with van der Waals surface area (Å²) in [6, 6.07) is 7.48. The lowest BCUT2D eigenvalue weighted by Gasteiger charge is -1.90. The van der Waals surface area contributed by atoms with Gasteiger partial charge in [0, 0.05) is 6.20 Å². The van der Waals surface area contributed by atoms with Gasteiger partial charge in [0.15, 0.2) is 5.76 Å². The quantitative estimate of drug-likeness (QED) is 0.713. The molecule has 0 amide bonds. The number of nitrogens with zero attached hydrogens (tertiary/aromatic N) is 5. The Morgan fingerprint density at radius 1 is 1.25 bits per heavy atom. The van der Waals surface area contributed by atoms with Crippen LogP contribution in [0.5, 0.6) is 0 Å². The van der Waals surface area contributed by atoms with Crippen LogP contribution in [0.25, 0.3) is 11.5 Å². The van der Waals surface area contributed by atoms with E-state index in [0.29, 0.717) is 34.4 Å². The number of rotatable bonds is 3. The maximum Gasteiger partial charge on any atom is 0.233 e. The van der Waals surface area contributed by atoms with Crippen molar-refractivity contribution in [1.29, 1.82) is 5.26 Å². The summed E-state index contributed by atoms with van der Waals surface area (Å²) in [5.41, 5.74) is 1.52. The summed E-state index contributed by atoms with van der Waals surface area (Å²) in [5, 5.41) is 16.7. The molecule has 3 aromatic rings. The molecule has 0 radical (unpaired) electrons. The average Bonchev–Trinajstić information content (AvgIpc) is 3.08. The summed E-state index contributed by atoms with van der Waals surface area (Å²) >= 11 is 0. The lowest BCUT2D eigenvalue weighted by atomic mass is 10.2. The number of pyridine rings is 1. The maximum atomic E-state index is 9.02. The summed E-state index contributed by atoms with van der Waals surface area (Å²) in [6.45, 7) is 1.68. The second-order valence-electron chi connectivity index (χ2n) is 4.08. The van der Waals surface area contributed by atoms with Crippen LogP contribution in [0.15, 0.2) is 33.4 Å². The molecule has 3 rings (SSSR count). The van der Waals surface area contributed by atoms with Crippen molar-refractivity contribution in [2.24, 2.45) is 0 Å². The number of aryl methyl sites for hydroxylation is 1. The molecule has 0 saturated heterocycles. The fourth-order valence-corrected chi connectivity index (χ4v) is 1.75. The fraction of sp³-hybridized carbons (Fsp3) is 0.154. The Labute approximate surface area is 113 Å². The van der Waals surface area contributed by atoms with E-state index in [4.69, 9.17) is 14.3 Å². The van der Waals surface area contributed by atoms with Gasteiger partial charge in [-0.3, -0.25) is 4.98 Å². The predicted octanol–water partition coefficient (Wildman–Crippen LogP) is 1.89.